The second kappa shape index (κ2) is 4.63. The Bertz CT molecular complexity index is 430. The van der Waals surface area contributed by atoms with E-state index in [1.165, 1.54) is 0 Å². The second-order valence-electron chi connectivity index (χ2n) is 4.16. The third-order valence-electron chi connectivity index (χ3n) is 2.71. The van der Waals surface area contributed by atoms with Gasteiger partial charge in [-0.1, -0.05) is 12.1 Å². The number of hydrogen-bond acceptors (Lipinski definition) is 3. The number of benzene rings is 1. The first-order valence-electron chi connectivity index (χ1n) is 5.61. The van der Waals surface area contributed by atoms with Gasteiger partial charge in [0.2, 0.25) is 0 Å². The van der Waals surface area contributed by atoms with E-state index in [1.807, 2.05) is 24.3 Å². The number of aromatic nitrogens is 2. The van der Waals surface area contributed by atoms with Crippen molar-refractivity contribution in [1.82, 2.24) is 15.3 Å². The highest BCUT2D eigenvalue weighted by molar-refractivity contribution is 5.74. The Morgan fingerprint density at radius 1 is 1.38 bits per heavy atom. The maximum Gasteiger partial charge on any atom is 0.124 e. The van der Waals surface area contributed by atoms with Crippen LogP contribution in [0.1, 0.15) is 25.7 Å². The molecule has 0 bridgehead atoms. The summed E-state index contributed by atoms with van der Waals surface area (Å²) in [5, 5.41) is 3.39. The summed E-state index contributed by atoms with van der Waals surface area (Å²) in [6, 6.07) is 8.52. The maximum atomic E-state index is 5.58. The molecule has 2 atom stereocenters. The van der Waals surface area contributed by atoms with Crippen molar-refractivity contribution in [2.45, 2.75) is 25.9 Å². The van der Waals surface area contributed by atoms with E-state index in [1.54, 1.807) is 0 Å². The van der Waals surface area contributed by atoms with Gasteiger partial charge in [-0.3, -0.25) is 0 Å². The summed E-state index contributed by atoms with van der Waals surface area (Å²) in [5.74, 6) is 0.960. The molecule has 1 heterocycles. The number of rotatable bonds is 4. The summed E-state index contributed by atoms with van der Waals surface area (Å²) in [6.45, 7) is 4.79. The van der Waals surface area contributed by atoms with Crippen LogP contribution in [0.2, 0.25) is 0 Å². The highest BCUT2D eigenvalue weighted by atomic mass is 15.0. The van der Waals surface area contributed by atoms with Crippen molar-refractivity contribution in [1.29, 1.82) is 0 Å². The number of fused-ring (bicyclic) bond motifs is 1. The molecule has 4 N–H and O–H groups in total. The molecule has 4 nitrogen and oxygen atoms in total. The van der Waals surface area contributed by atoms with E-state index in [0.29, 0.717) is 12.6 Å². The molecule has 2 aromatic rings. The lowest BCUT2D eigenvalue weighted by atomic mass is 10.2. The molecule has 0 saturated carbocycles. The van der Waals surface area contributed by atoms with Crippen molar-refractivity contribution in [3.63, 3.8) is 0 Å². The SMILES string of the molecule is CC(CN)NC(C)c1nc2ccccc2[nH]1. The monoisotopic (exact) mass is 218 g/mol. The number of nitrogens with two attached hydrogens (primary N) is 1. The molecule has 0 radical (unpaired) electrons. The molecular formula is C12H18N4. The van der Waals surface area contributed by atoms with Crippen molar-refractivity contribution in [3.05, 3.63) is 30.1 Å². The van der Waals surface area contributed by atoms with Gasteiger partial charge in [0.05, 0.1) is 17.1 Å². The fourth-order valence-corrected chi connectivity index (χ4v) is 1.75. The first kappa shape index (κ1) is 11.1. The molecule has 0 amide bonds. The van der Waals surface area contributed by atoms with Crippen LogP contribution in [-0.2, 0) is 0 Å². The van der Waals surface area contributed by atoms with Gasteiger partial charge in [0.15, 0.2) is 0 Å². The van der Waals surface area contributed by atoms with E-state index >= 15 is 0 Å². The van der Waals surface area contributed by atoms with Crippen LogP contribution in [0.4, 0.5) is 0 Å². The Morgan fingerprint density at radius 3 is 2.81 bits per heavy atom. The normalized spacial score (nSPS) is 15.2. The maximum absolute atomic E-state index is 5.58. The minimum absolute atomic E-state index is 0.186. The number of H-pyrrole nitrogens is 1. The van der Waals surface area contributed by atoms with E-state index in [4.69, 9.17) is 5.73 Å². The molecule has 4 heteroatoms. The lowest BCUT2D eigenvalue weighted by molar-refractivity contribution is 0.472. The number of nitrogens with one attached hydrogen (secondary N) is 2. The van der Waals surface area contributed by atoms with Gasteiger partial charge in [-0.05, 0) is 26.0 Å². The van der Waals surface area contributed by atoms with E-state index in [-0.39, 0.29) is 6.04 Å². The molecule has 0 saturated heterocycles. The molecule has 0 aliphatic carbocycles. The Kier molecular flexibility index (Phi) is 3.22. The zero-order chi connectivity index (χ0) is 11.5. The first-order chi connectivity index (χ1) is 7.70. The third kappa shape index (κ3) is 2.23. The summed E-state index contributed by atoms with van der Waals surface area (Å²) in [4.78, 5) is 7.85. The Morgan fingerprint density at radius 2 is 2.12 bits per heavy atom. The summed E-state index contributed by atoms with van der Waals surface area (Å²) < 4.78 is 0. The molecule has 0 spiro atoms. The van der Waals surface area contributed by atoms with E-state index in [9.17, 15) is 0 Å². The van der Waals surface area contributed by atoms with Crippen LogP contribution < -0.4 is 11.1 Å². The number of aromatic amines is 1. The number of imidazole rings is 1. The first-order valence-corrected chi connectivity index (χ1v) is 5.61. The molecule has 2 unspecified atom stereocenters. The van der Waals surface area contributed by atoms with Crippen LogP contribution in [-0.4, -0.2) is 22.6 Å². The van der Waals surface area contributed by atoms with Gasteiger partial charge in [-0.2, -0.15) is 0 Å². The van der Waals surface area contributed by atoms with Gasteiger partial charge in [-0.25, -0.2) is 4.98 Å². The van der Waals surface area contributed by atoms with Crippen LogP contribution in [0, 0.1) is 0 Å². The number of para-hydroxylation sites is 2. The largest absolute Gasteiger partial charge is 0.341 e. The van der Waals surface area contributed by atoms with Gasteiger partial charge in [0.25, 0.3) is 0 Å². The summed E-state index contributed by atoms with van der Waals surface area (Å²) in [6.07, 6.45) is 0. The quantitative estimate of drug-likeness (QED) is 0.729. The topological polar surface area (TPSA) is 66.7 Å². The predicted octanol–water partition coefficient (Wildman–Crippen LogP) is 1.56. The van der Waals surface area contributed by atoms with E-state index in [2.05, 4.69) is 29.1 Å². The molecule has 0 aliphatic rings. The van der Waals surface area contributed by atoms with Crippen molar-refractivity contribution >= 4 is 11.0 Å². The van der Waals surface area contributed by atoms with Gasteiger partial charge in [-0.15, -0.1) is 0 Å². The van der Waals surface area contributed by atoms with Crippen molar-refractivity contribution in [2.75, 3.05) is 6.54 Å². The molecule has 1 aromatic carbocycles. The van der Waals surface area contributed by atoms with Crippen LogP contribution in [0.3, 0.4) is 0 Å². The highest BCUT2D eigenvalue weighted by Gasteiger charge is 2.12. The van der Waals surface area contributed by atoms with Crippen LogP contribution in [0.5, 0.6) is 0 Å². The zero-order valence-corrected chi connectivity index (χ0v) is 9.70. The van der Waals surface area contributed by atoms with Gasteiger partial charge >= 0.3 is 0 Å². The smallest absolute Gasteiger partial charge is 0.124 e. The fourth-order valence-electron chi connectivity index (χ4n) is 1.75. The van der Waals surface area contributed by atoms with Crippen molar-refractivity contribution < 1.29 is 0 Å². The van der Waals surface area contributed by atoms with Gasteiger partial charge in [0, 0.05) is 12.6 Å². The second-order valence-corrected chi connectivity index (χ2v) is 4.16. The highest BCUT2D eigenvalue weighted by Crippen LogP contribution is 2.15. The standard InChI is InChI=1S/C12H18N4/c1-8(7-13)14-9(2)12-15-10-5-3-4-6-11(10)16-12/h3-6,8-9,14H,7,13H2,1-2H3,(H,15,16). The fraction of sp³-hybridized carbons (Fsp3) is 0.417. The van der Waals surface area contributed by atoms with Crippen LogP contribution in [0.15, 0.2) is 24.3 Å². The van der Waals surface area contributed by atoms with E-state index < -0.39 is 0 Å². The molecule has 2 rings (SSSR count). The average Bonchev–Trinajstić information content (AvgIpc) is 2.72. The Balaban J connectivity index is 2.19. The zero-order valence-electron chi connectivity index (χ0n) is 9.70. The summed E-state index contributed by atoms with van der Waals surface area (Å²) >= 11 is 0. The third-order valence-corrected chi connectivity index (χ3v) is 2.71. The van der Waals surface area contributed by atoms with Crippen LogP contribution in [0.25, 0.3) is 11.0 Å². The Hall–Kier alpha value is -1.39. The molecule has 0 aliphatic heterocycles. The van der Waals surface area contributed by atoms with Gasteiger partial charge in [0.1, 0.15) is 5.82 Å². The summed E-state index contributed by atoms with van der Waals surface area (Å²) in [5.41, 5.74) is 7.66. The van der Waals surface area contributed by atoms with Crippen molar-refractivity contribution in [2.24, 2.45) is 5.73 Å². The molecule has 16 heavy (non-hydrogen) atoms. The van der Waals surface area contributed by atoms with Crippen LogP contribution >= 0.6 is 0 Å². The summed E-state index contributed by atoms with van der Waals surface area (Å²) in [7, 11) is 0. The number of hydrogen-bond donors (Lipinski definition) is 3. The number of nitrogens with zero attached hydrogens (tertiary/aromatic N) is 1. The Labute approximate surface area is 95.3 Å². The van der Waals surface area contributed by atoms with E-state index in [0.717, 1.165) is 16.9 Å². The molecule has 1 aromatic heterocycles. The minimum atomic E-state index is 0.186. The lowest BCUT2D eigenvalue weighted by Gasteiger charge is -2.16. The van der Waals surface area contributed by atoms with Crippen molar-refractivity contribution in [3.8, 4) is 0 Å². The molecule has 86 valence electrons. The predicted molar refractivity (Wildman–Crippen MR) is 66.2 cm³/mol. The molecular weight excluding hydrogens is 200 g/mol. The minimum Gasteiger partial charge on any atom is -0.341 e. The van der Waals surface area contributed by atoms with Gasteiger partial charge < -0.3 is 16.0 Å². The molecule has 0 fully saturated rings. The lowest BCUT2D eigenvalue weighted by Crippen LogP contribution is -2.35. The average molecular weight is 218 g/mol.